The first-order valence-corrected chi connectivity index (χ1v) is 14.6. The van der Waals surface area contributed by atoms with Crippen LogP contribution in [0.5, 0.6) is 5.88 Å². The number of halogens is 1. The quantitative estimate of drug-likeness (QED) is 0.236. The maximum absolute atomic E-state index is 14.3. The number of rotatable bonds is 8. The molecule has 0 aliphatic carbocycles. The van der Waals surface area contributed by atoms with Gasteiger partial charge in [-0.1, -0.05) is 72.3 Å². The second-order valence-electron chi connectivity index (χ2n) is 11.5. The van der Waals surface area contributed by atoms with Gasteiger partial charge in [0.05, 0.1) is 53.0 Å². The molecule has 5 atom stereocenters. The molecule has 0 spiro atoms. The summed E-state index contributed by atoms with van der Waals surface area (Å²) in [5.41, 5.74) is -0.461. The molecule has 9 heteroatoms. The van der Waals surface area contributed by atoms with Crippen LogP contribution in [0.2, 0.25) is 5.02 Å². The Labute approximate surface area is 253 Å². The van der Waals surface area contributed by atoms with E-state index in [4.69, 9.17) is 25.8 Å². The minimum atomic E-state index is -1.05. The van der Waals surface area contributed by atoms with Crippen LogP contribution in [0.4, 0.5) is 5.69 Å². The molecule has 7 rings (SSSR count). The Morgan fingerprint density at radius 3 is 2.56 bits per heavy atom. The predicted molar refractivity (Wildman–Crippen MR) is 159 cm³/mol. The normalized spacial score (nSPS) is 27.5. The van der Waals surface area contributed by atoms with Gasteiger partial charge in [-0.05, 0) is 30.0 Å². The zero-order valence-electron chi connectivity index (χ0n) is 23.4. The molecular formula is C34H28ClN3O5. The van der Waals surface area contributed by atoms with Crippen LogP contribution in [0.15, 0.2) is 85.1 Å². The standard InChI is InChI=1S/C34H28ClN3O5/c1-33-27(42-20-21-7-3-2-4-8-21)17-34(43-33,15-16-41-28-14-12-23(35)19-37-28)30-29(33)31(39)38(32(30)40)26-13-11-22-9-5-6-10-24(22)25(26)18-36/h2-14,19,27,29-30H,15-17,20H2,1H3. The summed E-state index contributed by atoms with van der Waals surface area (Å²) in [5, 5.41) is 12.2. The Bertz CT molecular complexity index is 1770. The van der Waals surface area contributed by atoms with Crippen LogP contribution in [0.25, 0.3) is 10.8 Å². The van der Waals surface area contributed by atoms with E-state index < -0.39 is 29.1 Å². The number of nitriles is 1. The Morgan fingerprint density at radius 2 is 1.79 bits per heavy atom. The van der Waals surface area contributed by atoms with Crippen LogP contribution in [-0.4, -0.2) is 40.7 Å². The van der Waals surface area contributed by atoms with Crippen molar-refractivity contribution in [2.75, 3.05) is 11.5 Å². The van der Waals surface area contributed by atoms with E-state index in [9.17, 15) is 14.9 Å². The zero-order valence-corrected chi connectivity index (χ0v) is 24.2. The number of carbonyl (C=O) groups excluding carboxylic acids is 2. The van der Waals surface area contributed by atoms with Crippen molar-refractivity contribution in [3.8, 4) is 11.9 Å². The van der Waals surface area contributed by atoms with E-state index in [2.05, 4.69) is 11.1 Å². The number of nitrogens with zero attached hydrogens (tertiary/aromatic N) is 3. The van der Waals surface area contributed by atoms with Crippen LogP contribution < -0.4 is 9.64 Å². The lowest BCUT2D eigenvalue weighted by Crippen LogP contribution is -2.50. The van der Waals surface area contributed by atoms with E-state index in [0.717, 1.165) is 10.9 Å². The molecule has 0 saturated carbocycles. The number of benzene rings is 3. The van der Waals surface area contributed by atoms with Crippen LogP contribution in [0.3, 0.4) is 0 Å². The highest BCUT2D eigenvalue weighted by Crippen LogP contribution is 2.63. The van der Waals surface area contributed by atoms with Gasteiger partial charge in [0.25, 0.3) is 0 Å². The molecule has 2 amide bonds. The smallest absolute Gasteiger partial charge is 0.240 e. The number of anilines is 1. The number of pyridine rings is 1. The first kappa shape index (κ1) is 27.5. The molecule has 4 aromatic rings. The van der Waals surface area contributed by atoms with Crippen molar-refractivity contribution in [1.82, 2.24) is 4.98 Å². The van der Waals surface area contributed by atoms with Gasteiger partial charge in [-0.3, -0.25) is 9.59 Å². The molecular weight excluding hydrogens is 566 g/mol. The number of hydrogen-bond acceptors (Lipinski definition) is 7. The van der Waals surface area contributed by atoms with Gasteiger partial charge >= 0.3 is 0 Å². The highest BCUT2D eigenvalue weighted by molar-refractivity contribution is 6.30. The fraction of sp³-hybridized carbons (Fsp3) is 0.294. The van der Waals surface area contributed by atoms with Gasteiger partial charge in [0.15, 0.2) is 0 Å². The number of imide groups is 1. The maximum atomic E-state index is 14.3. The van der Waals surface area contributed by atoms with E-state index in [1.165, 1.54) is 11.1 Å². The topological polar surface area (TPSA) is 102 Å². The van der Waals surface area contributed by atoms with Gasteiger partial charge < -0.3 is 14.2 Å². The number of fused-ring (bicyclic) bond motifs is 6. The second-order valence-corrected chi connectivity index (χ2v) is 11.9. The molecule has 0 radical (unpaired) electrons. The molecule has 3 aliphatic heterocycles. The van der Waals surface area contributed by atoms with Crippen molar-refractivity contribution >= 4 is 39.9 Å². The lowest BCUT2D eigenvalue weighted by Gasteiger charge is -2.36. The number of ether oxygens (including phenoxy) is 3. The van der Waals surface area contributed by atoms with Gasteiger partial charge in [0.2, 0.25) is 17.7 Å². The Kier molecular flexibility index (Phi) is 6.70. The highest BCUT2D eigenvalue weighted by Gasteiger charge is 2.77. The Balaban J connectivity index is 1.24. The average molecular weight is 594 g/mol. The van der Waals surface area contributed by atoms with Gasteiger partial charge in [-0.15, -0.1) is 0 Å². The first-order valence-electron chi connectivity index (χ1n) is 14.2. The monoisotopic (exact) mass is 593 g/mol. The van der Waals surface area contributed by atoms with Crippen LogP contribution in [0.1, 0.15) is 30.9 Å². The third-order valence-corrected chi connectivity index (χ3v) is 9.34. The summed E-state index contributed by atoms with van der Waals surface area (Å²) in [4.78, 5) is 34.0. The lowest BCUT2D eigenvalue weighted by atomic mass is 9.66. The largest absolute Gasteiger partial charge is 0.478 e. The third kappa shape index (κ3) is 4.39. The summed E-state index contributed by atoms with van der Waals surface area (Å²) < 4.78 is 19.1. The molecule has 3 aliphatic rings. The first-order chi connectivity index (χ1) is 20.8. The Morgan fingerprint density at radius 1 is 1.02 bits per heavy atom. The van der Waals surface area contributed by atoms with E-state index in [1.807, 2.05) is 67.6 Å². The number of carbonyl (C=O) groups is 2. The lowest BCUT2D eigenvalue weighted by molar-refractivity contribution is -0.137. The molecule has 216 valence electrons. The number of amides is 2. The minimum absolute atomic E-state index is 0.209. The van der Waals surface area contributed by atoms with Crippen molar-refractivity contribution < 1.29 is 23.8 Å². The van der Waals surface area contributed by atoms with Gasteiger partial charge in [0.1, 0.15) is 11.7 Å². The van der Waals surface area contributed by atoms with Crippen LogP contribution in [-0.2, 0) is 25.7 Å². The fourth-order valence-electron chi connectivity index (χ4n) is 7.17. The molecule has 8 nitrogen and oxygen atoms in total. The molecule has 3 saturated heterocycles. The summed E-state index contributed by atoms with van der Waals surface area (Å²) in [5.74, 6) is -1.86. The van der Waals surface area contributed by atoms with Crippen LogP contribution >= 0.6 is 11.6 Å². The van der Waals surface area contributed by atoms with E-state index in [1.54, 1.807) is 18.2 Å². The van der Waals surface area contributed by atoms with Crippen molar-refractivity contribution in [3.05, 3.63) is 101 Å². The molecule has 1 aromatic heterocycles. The number of hydrogen-bond donors (Lipinski definition) is 0. The maximum Gasteiger partial charge on any atom is 0.240 e. The average Bonchev–Trinajstić information content (AvgIpc) is 3.58. The highest BCUT2D eigenvalue weighted by atomic mass is 35.5. The molecule has 0 N–H and O–H groups in total. The van der Waals surface area contributed by atoms with Gasteiger partial charge in [-0.25, -0.2) is 9.88 Å². The molecule has 43 heavy (non-hydrogen) atoms. The molecule has 3 fully saturated rings. The summed E-state index contributed by atoms with van der Waals surface area (Å²) >= 11 is 5.97. The van der Waals surface area contributed by atoms with Crippen molar-refractivity contribution in [2.24, 2.45) is 11.8 Å². The van der Waals surface area contributed by atoms with E-state index in [-0.39, 0.29) is 18.4 Å². The Hall–Kier alpha value is -4.29. The SMILES string of the molecule is CC12OC(CCOc3ccc(Cl)cn3)(CC1OCc1ccccc1)C1C(=O)N(c3ccc4ccccc4c3C#N)C(=O)C12. The van der Waals surface area contributed by atoms with Gasteiger partial charge in [-0.2, -0.15) is 5.26 Å². The molecule has 4 heterocycles. The molecule has 5 unspecified atom stereocenters. The second kappa shape index (κ2) is 10.5. The summed E-state index contributed by atoms with van der Waals surface area (Å²) in [7, 11) is 0. The third-order valence-electron chi connectivity index (χ3n) is 9.11. The van der Waals surface area contributed by atoms with Gasteiger partial charge in [0, 0.05) is 30.5 Å². The number of aromatic nitrogens is 1. The van der Waals surface area contributed by atoms with Crippen molar-refractivity contribution in [1.29, 1.82) is 5.26 Å². The predicted octanol–water partition coefficient (Wildman–Crippen LogP) is 5.85. The van der Waals surface area contributed by atoms with Crippen molar-refractivity contribution in [3.63, 3.8) is 0 Å². The van der Waals surface area contributed by atoms with E-state index in [0.29, 0.717) is 47.0 Å². The van der Waals surface area contributed by atoms with Crippen molar-refractivity contribution in [2.45, 2.75) is 43.7 Å². The summed E-state index contributed by atoms with van der Waals surface area (Å²) in [6.07, 6.45) is 1.83. The molecule has 2 bridgehead atoms. The van der Waals surface area contributed by atoms with Crippen LogP contribution in [0, 0.1) is 23.2 Å². The zero-order chi connectivity index (χ0) is 29.8. The van der Waals surface area contributed by atoms with E-state index >= 15 is 0 Å². The summed E-state index contributed by atoms with van der Waals surface area (Å²) in [6.45, 7) is 2.43. The fourth-order valence-corrected chi connectivity index (χ4v) is 7.29. The minimum Gasteiger partial charge on any atom is -0.478 e. The molecule has 3 aromatic carbocycles. The summed E-state index contributed by atoms with van der Waals surface area (Å²) in [6, 6.07) is 26.4.